The van der Waals surface area contributed by atoms with Crippen molar-refractivity contribution in [1.29, 1.82) is 0 Å². The van der Waals surface area contributed by atoms with Crippen LogP contribution in [0.5, 0.6) is 0 Å². The third-order valence-corrected chi connectivity index (χ3v) is 7.19. The zero-order valence-electron chi connectivity index (χ0n) is 19.4. The fourth-order valence-corrected chi connectivity index (χ4v) is 5.33. The summed E-state index contributed by atoms with van der Waals surface area (Å²) in [5, 5.41) is 16.8. The molecule has 3 aliphatic rings. The van der Waals surface area contributed by atoms with Crippen molar-refractivity contribution < 1.29 is 22.7 Å². The third kappa shape index (κ3) is 4.44. The number of hydrogen-bond acceptors (Lipinski definition) is 10. The van der Waals surface area contributed by atoms with Crippen LogP contribution in [0.25, 0.3) is 0 Å². The molecule has 9 nitrogen and oxygen atoms in total. The average molecular weight is 518 g/mol. The molecule has 5 rings (SSSR count). The maximum atomic E-state index is 14.6. The Balaban J connectivity index is 1.62. The van der Waals surface area contributed by atoms with E-state index in [1.54, 1.807) is 23.4 Å². The smallest absolute Gasteiger partial charge is 0.338 e. The number of nitrogens with zero attached hydrogens (tertiary/aromatic N) is 6. The van der Waals surface area contributed by atoms with Crippen LogP contribution in [0.1, 0.15) is 23.9 Å². The summed E-state index contributed by atoms with van der Waals surface area (Å²) >= 11 is 1.33. The normalized spacial score (nSPS) is 25.5. The van der Waals surface area contributed by atoms with Crippen molar-refractivity contribution in [3.8, 4) is 0 Å². The second kappa shape index (κ2) is 9.21. The molecule has 1 saturated heterocycles. The standard InChI is InChI=1S/C23H22F3N7O2S/c1-22(13-3-5-14(24)6-4-13)18(21(34)35-2)16(29-19(30-22)20-27-7-8-36-20)11-33-12-23(25,26)9-17(33)15-10-28-32-31-15/h3-8,17H,9-12H2,1-2H3,(H,29,30)/t17-,22-/m0/s1. The van der Waals surface area contributed by atoms with Crippen LogP contribution in [-0.2, 0) is 15.1 Å². The van der Waals surface area contributed by atoms with Crippen molar-refractivity contribution in [2.75, 3.05) is 26.7 Å². The Hall–Kier alpha value is -3.45. The van der Waals surface area contributed by atoms with E-state index in [4.69, 9.17) is 9.73 Å². The molecule has 1 aromatic heterocycles. The predicted molar refractivity (Wildman–Crippen MR) is 127 cm³/mol. The summed E-state index contributed by atoms with van der Waals surface area (Å²) in [5.41, 5.74) is 0.129. The minimum atomic E-state index is -2.96. The lowest BCUT2D eigenvalue weighted by Crippen LogP contribution is -2.47. The molecule has 0 bridgehead atoms. The molecule has 2 atom stereocenters. The molecule has 3 aliphatic heterocycles. The molecule has 4 heterocycles. The molecule has 1 N–H and O–H groups in total. The van der Waals surface area contributed by atoms with Crippen molar-refractivity contribution in [2.24, 2.45) is 20.4 Å². The first-order chi connectivity index (χ1) is 17.2. The number of halogens is 3. The van der Waals surface area contributed by atoms with E-state index < -0.39 is 42.3 Å². The number of methoxy groups -OCH3 is 1. The molecule has 0 aliphatic carbocycles. The lowest BCUT2D eigenvalue weighted by atomic mass is 9.82. The van der Waals surface area contributed by atoms with E-state index in [1.807, 2.05) is 0 Å². The first-order valence-electron chi connectivity index (χ1n) is 11.1. The lowest BCUT2D eigenvalue weighted by molar-refractivity contribution is -0.137. The zero-order valence-corrected chi connectivity index (χ0v) is 20.2. The molecule has 1 fully saturated rings. The quantitative estimate of drug-likeness (QED) is 0.591. The van der Waals surface area contributed by atoms with E-state index in [0.717, 1.165) is 0 Å². The van der Waals surface area contributed by atoms with Crippen LogP contribution in [-0.4, -0.2) is 66.1 Å². The lowest BCUT2D eigenvalue weighted by Gasteiger charge is -2.36. The van der Waals surface area contributed by atoms with E-state index in [9.17, 15) is 18.0 Å². The first-order valence-corrected chi connectivity index (χ1v) is 12.0. The van der Waals surface area contributed by atoms with Gasteiger partial charge in [-0.15, -0.1) is 16.4 Å². The Morgan fingerprint density at radius 2 is 2.08 bits per heavy atom. The second-order valence-electron chi connectivity index (χ2n) is 8.81. The van der Waals surface area contributed by atoms with Gasteiger partial charge in [0.05, 0.1) is 31.0 Å². The Bertz CT molecular complexity index is 1290. The molecule has 2 aromatic rings. The highest BCUT2D eigenvalue weighted by Crippen LogP contribution is 2.40. The number of rotatable bonds is 6. The van der Waals surface area contributed by atoms with Crippen LogP contribution in [0.2, 0.25) is 0 Å². The monoisotopic (exact) mass is 517 g/mol. The number of thiazole rings is 1. The number of amidine groups is 1. The van der Waals surface area contributed by atoms with Gasteiger partial charge in [0.2, 0.25) is 0 Å². The van der Waals surface area contributed by atoms with Gasteiger partial charge in [0.25, 0.3) is 5.92 Å². The molecular formula is C23H22F3N7O2S. The number of esters is 1. The predicted octanol–water partition coefficient (Wildman–Crippen LogP) is 3.51. The van der Waals surface area contributed by atoms with E-state index in [-0.39, 0.29) is 18.7 Å². The Morgan fingerprint density at radius 1 is 1.31 bits per heavy atom. The first kappa shape index (κ1) is 24.3. The van der Waals surface area contributed by atoms with E-state index in [1.165, 1.54) is 42.7 Å². The van der Waals surface area contributed by atoms with Gasteiger partial charge in [0.1, 0.15) is 17.9 Å². The van der Waals surface area contributed by atoms with Crippen molar-refractivity contribution in [2.45, 2.75) is 30.8 Å². The summed E-state index contributed by atoms with van der Waals surface area (Å²) in [6.07, 6.45) is 1.18. The molecule has 36 heavy (non-hydrogen) atoms. The van der Waals surface area contributed by atoms with Crippen molar-refractivity contribution >= 4 is 28.9 Å². The highest BCUT2D eigenvalue weighted by molar-refractivity contribution is 7.11. The number of carbonyl (C=O) groups is 1. The fourth-order valence-electron chi connectivity index (χ4n) is 4.75. The Morgan fingerprint density at radius 3 is 2.72 bits per heavy atom. The number of aromatic nitrogens is 1. The molecular weight excluding hydrogens is 495 g/mol. The van der Waals surface area contributed by atoms with Crippen LogP contribution in [0.15, 0.2) is 67.5 Å². The molecule has 1 aromatic carbocycles. The van der Waals surface area contributed by atoms with Gasteiger partial charge in [-0.1, -0.05) is 12.1 Å². The van der Waals surface area contributed by atoms with Crippen LogP contribution < -0.4 is 5.32 Å². The number of carbonyl (C=O) groups excluding carboxylic acids is 1. The van der Waals surface area contributed by atoms with E-state index in [2.05, 4.69) is 25.7 Å². The minimum Gasteiger partial charge on any atom is -0.466 e. The molecule has 0 saturated carbocycles. The van der Waals surface area contributed by atoms with E-state index >= 15 is 0 Å². The van der Waals surface area contributed by atoms with Gasteiger partial charge in [-0.3, -0.25) is 4.90 Å². The third-order valence-electron chi connectivity index (χ3n) is 6.41. The van der Waals surface area contributed by atoms with Crippen LogP contribution in [0.3, 0.4) is 0 Å². The number of nitrogens with one attached hydrogen (secondary N) is 1. The van der Waals surface area contributed by atoms with E-state index in [0.29, 0.717) is 27.8 Å². The van der Waals surface area contributed by atoms with Gasteiger partial charge >= 0.3 is 5.97 Å². The maximum Gasteiger partial charge on any atom is 0.338 e. The number of hydrogen-bond donors (Lipinski definition) is 1. The largest absolute Gasteiger partial charge is 0.466 e. The topological polar surface area (TPSA) is 104 Å². The van der Waals surface area contributed by atoms with Crippen molar-refractivity contribution in [3.63, 3.8) is 0 Å². The van der Waals surface area contributed by atoms with Gasteiger partial charge in [0, 0.05) is 30.2 Å². The molecule has 0 amide bonds. The summed E-state index contributed by atoms with van der Waals surface area (Å²) in [7, 11) is 1.24. The zero-order chi connectivity index (χ0) is 25.5. The highest BCUT2D eigenvalue weighted by atomic mass is 32.1. The molecule has 0 unspecified atom stereocenters. The summed E-state index contributed by atoms with van der Waals surface area (Å²) in [4.78, 5) is 23.8. The number of likely N-dealkylation sites (tertiary alicyclic amines) is 1. The number of aliphatic imine (C=N–C) groups is 1. The van der Waals surface area contributed by atoms with Crippen molar-refractivity contribution in [1.82, 2.24) is 15.2 Å². The van der Waals surface area contributed by atoms with Gasteiger partial charge in [-0.2, -0.15) is 5.11 Å². The van der Waals surface area contributed by atoms with Crippen LogP contribution in [0.4, 0.5) is 13.2 Å². The number of ether oxygens (including phenoxy) is 1. The maximum absolute atomic E-state index is 14.6. The molecule has 0 radical (unpaired) electrons. The Kier molecular flexibility index (Phi) is 6.20. The molecule has 0 spiro atoms. The van der Waals surface area contributed by atoms with Crippen LogP contribution in [0, 0.1) is 5.82 Å². The summed E-state index contributed by atoms with van der Waals surface area (Å²) < 4.78 is 48.0. The fraction of sp³-hybridized carbons (Fsp3) is 0.391. The minimum absolute atomic E-state index is 0.0507. The van der Waals surface area contributed by atoms with Gasteiger partial charge in [0.15, 0.2) is 10.8 Å². The Labute approximate surface area is 208 Å². The van der Waals surface area contributed by atoms with Gasteiger partial charge in [-0.05, 0) is 29.8 Å². The van der Waals surface area contributed by atoms with Gasteiger partial charge in [-0.25, -0.2) is 27.9 Å². The average Bonchev–Trinajstić information content (AvgIpc) is 3.60. The summed E-state index contributed by atoms with van der Waals surface area (Å²) in [5.74, 6) is -3.72. The number of benzene rings is 1. The van der Waals surface area contributed by atoms with Crippen molar-refractivity contribution in [3.05, 3.63) is 63.5 Å². The molecule has 13 heteroatoms. The summed E-state index contributed by atoms with van der Waals surface area (Å²) in [6, 6.07) is 4.92. The summed E-state index contributed by atoms with van der Waals surface area (Å²) in [6.45, 7) is 1.26. The SMILES string of the molecule is COC(=O)C1=C(CN2CC(F)(F)C[C@H]2C2=NN=NC2)NC(c2nccs2)=N[C@@]1(C)c1ccc(F)cc1. The highest BCUT2D eigenvalue weighted by Gasteiger charge is 2.49. The number of alkyl halides is 2. The van der Waals surface area contributed by atoms with Gasteiger partial charge < -0.3 is 10.1 Å². The molecule has 188 valence electrons. The second-order valence-corrected chi connectivity index (χ2v) is 9.70. The van der Waals surface area contributed by atoms with Crippen LogP contribution >= 0.6 is 11.3 Å².